The smallest absolute Gasteiger partial charge is 0.246 e. The number of benzene rings is 1. The Balaban J connectivity index is 2.11. The highest BCUT2D eigenvalue weighted by molar-refractivity contribution is 5.92. The van der Waals surface area contributed by atoms with Gasteiger partial charge < -0.3 is 11.1 Å². The minimum absolute atomic E-state index is 0.0989. The number of para-hydroxylation sites is 1. The number of rotatable bonds is 4. The molecule has 0 saturated heterocycles. The maximum atomic E-state index is 12.0. The van der Waals surface area contributed by atoms with Crippen LogP contribution in [0.2, 0.25) is 0 Å². The van der Waals surface area contributed by atoms with Gasteiger partial charge in [0, 0.05) is 5.69 Å². The highest BCUT2D eigenvalue weighted by atomic mass is 16.2. The van der Waals surface area contributed by atoms with Crippen molar-refractivity contribution in [2.75, 3.05) is 11.1 Å². The van der Waals surface area contributed by atoms with Crippen molar-refractivity contribution in [1.29, 1.82) is 0 Å². The first-order chi connectivity index (χ1) is 9.10. The summed E-state index contributed by atoms with van der Waals surface area (Å²) < 4.78 is 1.41. The molecule has 0 aliphatic carbocycles. The molecule has 6 nitrogen and oxygen atoms in total. The molecule has 0 aliphatic heterocycles. The number of anilines is 2. The van der Waals surface area contributed by atoms with Crippen molar-refractivity contribution in [3.63, 3.8) is 0 Å². The Bertz CT molecular complexity index is 590. The molecule has 0 unspecified atom stereocenters. The van der Waals surface area contributed by atoms with E-state index in [4.69, 9.17) is 5.73 Å². The standard InChI is InChI=1S/C13H17N5O/c1-3-10-6-4-5-9(2)12(10)16-11(19)7-18-8-15-13(14)17-18/h4-6,8H,3,7H2,1-2H3,(H2,14,17)(H,16,19). The molecule has 19 heavy (non-hydrogen) atoms. The van der Waals surface area contributed by atoms with Gasteiger partial charge in [-0.15, -0.1) is 5.10 Å². The predicted octanol–water partition coefficient (Wildman–Crippen LogP) is 1.37. The van der Waals surface area contributed by atoms with Crippen molar-refractivity contribution >= 4 is 17.5 Å². The minimum atomic E-state index is -0.145. The molecule has 1 amide bonds. The Morgan fingerprint density at radius 3 is 2.89 bits per heavy atom. The molecule has 0 spiro atoms. The molecule has 3 N–H and O–H groups in total. The van der Waals surface area contributed by atoms with Gasteiger partial charge in [-0.25, -0.2) is 9.67 Å². The second-order valence-corrected chi connectivity index (χ2v) is 4.31. The van der Waals surface area contributed by atoms with E-state index in [1.807, 2.05) is 25.1 Å². The van der Waals surface area contributed by atoms with E-state index in [0.29, 0.717) is 0 Å². The summed E-state index contributed by atoms with van der Waals surface area (Å²) in [7, 11) is 0. The van der Waals surface area contributed by atoms with E-state index in [2.05, 4.69) is 22.3 Å². The lowest BCUT2D eigenvalue weighted by molar-refractivity contribution is -0.116. The Kier molecular flexibility index (Phi) is 3.79. The average Bonchev–Trinajstić information content (AvgIpc) is 2.77. The number of nitrogens with two attached hydrogens (primary N) is 1. The Morgan fingerprint density at radius 2 is 2.26 bits per heavy atom. The molecule has 0 saturated carbocycles. The molecule has 1 aromatic heterocycles. The van der Waals surface area contributed by atoms with Gasteiger partial charge in [0.2, 0.25) is 11.9 Å². The van der Waals surface area contributed by atoms with Crippen molar-refractivity contribution in [2.24, 2.45) is 0 Å². The Labute approximate surface area is 111 Å². The van der Waals surface area contributed by atoms with Gasteiger partial charge in [-0.05, 0) is 24.5 Å². The number of aryl methyl sites for hydroxylation is 2. The zero-order valence-electron chi connectivity index (χ0n) is 11.1. The molecule has 1 aromatic carbocycles. The summed E-state index contributed by atoms with van der Waals surface area (Å²) >= 11 is 0. The number of nitrogen functional groups attached to an aromatic ring is 1. The SMILES string of the molecule is CCc1cccc(C)c1NC(=O)Cn1cnc(N)n1. The fourth-order valence-electron chi connectivity index (χ4n) is 1.91. The van der Waals surface area contributed by atoms with Crippen LogP contribution in [0.3, 0.4) is 0 Å². The summed E-state index contributed by atoms with van der Waals surface area (Å²) in [6, 6.07) is 5.97. The summed E-state index contributed by atoms with van der Waals surface area (Å²) in [5, 5.41) is 6.80. The topological polar surface area (TPSA) is 85.8 Å². The molecule has 1 heterocycles. The van der Waals surface area contributed by atoms with E-state index in [-0.39, 0.29) is 18.4 Å². The molecule has 0 radical (unpaired) electrons. The largest absolute Gasteiger partial charge is 0.367 e. The lowest BCUT2D eigenvalue weighted by atomic mass is 10.1. The molecule has 2 aromatic rings. The highest BCUT2D eigenvalue weighted by Gasteiger charge is 2.09. The number of hydrogen-bond acceptors (Lipinski definition) is 4. The normalized spacial score (nSPS) is 10.4. The summed E-state index contributed by atoms with van der Waals surface area (Å²) in [6.45, 7) is 4.13. The van der Waals surface area contributed by atoms with Gasteiger partial charge >= 0.3 is 0 Å². The average molecular weight is 259 g/mol. The van der Waals surface area contributed by atoms with Gasteiger partial charge in [0.15, 0.2) is 0 Å². The molecular formula is C13H17N5O. The zero-order chi connectivity index (χ0) is 13.8. The second kappa shape index (κ2) is 5.51. The van der Waals surface area contributed by atoms with Crippen LogP contribution >= 0.6 is 0 Å². The fraction of sp³-hybridized carbons (Fsp3) is 0.308. The van der Waals surface area contributed by atoms with E-state index in [0.717, 1.165) is 23.2 Å². The number of carbonyl (C=O) groups excluding carboxylic acids is 1. The quantitative estimate of drug-likeness (QED) is 0.868. The van der Waals surface area contributed by atoms with Crippen LogP contribution in [0.5, 0.6) is 0 Å². The predicted molar refractivity (Wildman–Crippen MR) is 73.6 cm³/mol. The van der Waals surface area contributed by atoms with Crippen molar-refractivity contribution in [3.05, 3.63) is 35.7 Å². The molecule has 0 aliphatic rings. The van der Waals surface area contributed by atoms with E-state index in [9.17, 15) is 4.79 Å². The first kappa shape index (κ1) is 13.1. The number of hydrogen-bond donors (Lipinski definition) is 2. The van der Waals surface area contributed by atoms with Crippen molar-refractivity contribution in [1.82, 2.24) is 14.8 Å². The van der Waals surface area contributed by atoms with Crippen LogP contribution in [0.1, 0.15) is 18.1 Å². The summed E-state index contributed by atoms with van der Waals surface area (Å²) in [5.74, 6) is 0.0202. The highest BCUT2D eigenvalue weighted by Crippen LogP contribution is 2.20. The molecule has 2 rings (SSSR count). The maximum absolute atomic E-state index is 12.0. The summed E-state index contributed by atoms with van der Waals surface area (Å²) in [4.78, 5) is 15.7. The second-order valence-electron chi connectivity index (χ2n) is 4.31. The maximum Gasteiger partial charge on any atom is 0.246 e. The van der Waals surface area contributed by atoms with Crippen LogP contribution in [0, 0.1) is 6.92 Å². The number of aromatic nitrogens is 3. The van der Waals surface area contributed by atoms with Crippen molar-refractivity contribution in [2.45, 2.75) is 26.8 Å². The minimum Gasteiger partial charge on any atom is -0.367 e. The third kappa shape index (κ3) is 3.09. The zero-order valence-corrected chi connectivity index (χ0v) is 11.1. The van der Waals surface area contributed by atoms with Crippen LogP contribution in [0.25, 0.3) is 0 Å². The number of nitrogens with one attached hydrogen (secondary N) is 1. The van der Waals surface area contributed by atoms with Crippen LogP contribution in [0.15, 0.2) is 24.5 Å². The van der Waals surface area contributed by atoms with Crippen LogP contribution < -0.4 is 11.1 Å². The van der Waals surface area contributed by atoms with E-state index in [1.165, 1.54) is 11.0 Å². The third-order valence-electron chi connectivity index (χ3n) is 2.86. The van der Waals surface area contributed by atoms with Crippen LogP contribution in [0.4, 0.5) is 11.6 Å². The monoisotopic (exact) mass is 259 g/mol. The molecule has 0 fully saturated rings. The summed E-state index contributed by atoms with van der Waals surface area (Å²) in [5.41, 5.74) is 8.44. The van der Waals surface area contributed by atoms with Crippen LogP contribution in [-0.2, 0) is 17.8 Å². The van der Waals surface area contributed by atoms with Gasteiger partial charge in [0.05, 0.1) is 0 Å². The van der Waals surface area contributed by atoms with Gasteiger partial charge in [-0.2, -0.15) is 0 Å². The lowest BCUT2D eigenvalue weighted by Gasteiger charge is -2.12. The summed E-state index contributed by atoms with van der Waals surface area (Å²) in [6.07, 6.45) is 2.31. The van der Waals surface area contributed by atoms with E-state index in [1.54, 1.807) is 0 Å². The lowest BCUT2D eigenvalue weighted by Crippen LogP contribution is -2.20. The van der Waals surface area contributed by atoms with E-state index < -0.39 is 0 Å². The van der Waals surface area contributed by atoms with Crippen molar-refractivity contribution < 1.29 is 4.79 Å². The Morgan fingerprint density at radius 1 is 1.47 bits per heavy atom. The first-order valence-electron chi connectivity index (χ1n) is 6.13. The third-order valence-corrected chi connectivity index (χ3v) is 2.86. The van der Waals surface area contributed by atoms with Gasteiger partial charge in [-0.1, -0.05) is 25.1 Å². The number of nitrogens with zero attached hydrogens (tertiary/aromatic N) is 3. The molecular weight excluding hydrogens is 242 g/mol. The van der Waals surface area contributed by atoms with Crippen molar-refractivity contribution in [3.8, 4) is 0 Å². The molecule has 0 bridgehead atoms. The first-order valence-corrected chi connectivity index (χ1v) is 6.13. The van der Waals surface area contributed by atoms with Crippen LogP contribution in [-0.4, -0.2) is 20.7 Å². The number of carbonyl (C=O) groups is 1. The van der Waals surface area contributed by atoms with Gasteiger partial charge in [0.25, 0.3) is 0 Å². The van der Waals surface area contributed by atoms with Gasteiger partial charge in [-0.3, -0.25) is 4.79 Å². The van der Waals surface area contributed by atoms with E-state index >= 15 is 0 Å². The molecule has 6 heteroatoms. The molecule has 100 valence electrons. The molecule has 0 atom stereocenters. The Hall–Kier alpha value is -2.37. The fourth-order valence-corrected chi connectivity index (χ4v) is 1.91. The van der Waals surface area contributed by atoms with Gasteiger partial charge in [0.1, 0.15) is 12.9 Å². The number of amides is 1.